The van der Waals surface area contributed by atoms with Gasteiger partial charge in [0.1, 0.15) is 11.6 Å². The molecule has 1 heterocycles. The zero-order valence-corrected chi connectivity index (χ0v) is 12.8. The predicted molar refractivity (Wildman–Crippen MR) is 85.8 cm³/mol. The van der Waals surface area contributed by atoms with Crippen molar-refractivity contribution in [2.45, 2.75) is 38.5 Å². The van der Waals surface area contributed by atoms with Gasteiger partial charge in [-0.1, -0.05) is 6.92 Å². The van der Waals surface area contributed by atoms with E-state index in [1.165, 1.54) is 25.0 Å². The summed E-state index contributed by atoms with van der Waals surface area (Å²) in [4.78, 5) is 9.18. The second-order valence-electron chi connectivity index (χ2n) is 5.73. The summed E-state index contributed by atoms with van der Waals surface area (Å²) in [5, 5.41) is 3.16. The third kappa shape index (κ3) is 3.42. The number of nitrogens with one attached hydrogen (secondary N) is 1. The zero-order chi connectivity index (χ0) is 15.5. The van der Waals surface area contributed by atoms with Crippen molar-refractivity contribution < 1.29 is 4.39 Å². The lowest BCUT2D eigenvalue weighted by atomic mass is 10.1. The molecule has 116 valence electrons. The summed E-state index contributed by atoms with van der Waals surface area (Å²) in [7, 11) is 0. The van der Waals surface area contributed by atoms with E-state index in [1.807, 2.05) is 6.07 Å². The van der Waals surface area contributed by atoms with Gasteiger partial charge in [-0.2, -0.15) is 0 Å². The van der Waals surface area contributed by atoms with Crippen molar-refractivity contribution in [2.75, 3.05) is 11.9 Å². The van der Waals surface area contributed by atoms with E-state index in [9.17, 15) is 4.39 Å². The van der Waals surface area contributed by atoms with Crippen molar-refractivity contribution in [1.82, 2.24) is 9.97 Å². The summed E-state index contributed by atoms with van der Waals surface area (Å²) in [6.07, 6.45) is 5.63. The van der Waals surface area contributed by atoms with E-state index in [4.69, 9.17) is 5.73 Å². The molecule has 0 bridgehead atoms. The third-order valence-electron chi connectivity index (χ3n) is 3.84. The quantitative estimate of drug-likeness (QED) is 0.859. The summed E-state index contributed by atoms with van der Waals surface area (Å²) in [6, 6.07) is 4.88. The minimum atomic E-state index is -0.269. The van der Waals surface area contributed by atoms with Crippen LogP contribution >= 0.6 is 0 Å². The fourth-order valence-electron chi connectivity index (χ4n) is 2.63. The third-order valence-corrected chi connectivity index (χ3v) is 3.84. The van der Waals surface area contributed by atoms with E-state index in [1.54, 1.807) is 6.20 Å². The predicted octanol–water partition coefficient (Wildman–Crippen LogP) is 3.30. The van der Waals surface area contributed by atoms with Crippen LogP contribution in [0.25, 0.3) is 0 Å². The van der Waals surface area contributed by atoms with Crippen molar-refractivity contribution in [1.29, 1.82) is 0 Å². The molecule has 0 radical (unpaired) electrons. The molecule has 3 N–H and O–H groups in total. The van der Waals surface area contributed by atoms with Crippen molar-refractivity contribution >= 4 is 11.5 Å². The molecule has 3 rings (SSSR count). The number of nitrogens with two attached hydrogens (primary N) is 1. The summed E-state index contributed by atoms with van der Waals surface area (Å²) in [6.45, 7) is 2.59. The Bertz CT molecular complexity index is 668. The van der Waals surface area contributed by atoms with Crippen LogP contribution in [0.2, 0.25) is 0 Å². The summed E-state index contributed by atoms with van der Waals surface area (Å²) < 4.78 is 13.7. The molecular formula is C17H21FN4. The Morgan fingerprint density at radius 2 is 2.14 bits per heavy atom. The van der Waals surface area contributed by atoms with Crippen molar-refractivity contribution in [3.63, 3.8) is 0 Å². The van der Waals surface area contributed by atoms with Crippen LogP contribution in [-0.2, 0) is 12.8 Å². The Kier molecular flexibility index (Phi) is 4.34. The van der Waals surface area contributed by atoms with Crippen LogP contribution in [0.3, 0.4) is 0 Å². The molecule has 0 spiro atoms. The van der Waals surface area contributed by atoms with Crippen LogP contribution in [0.1, 0.15) is 42.6 Å². The maximum Gasteiger partial charge on any atom is 0.149 e. The number of halogens is 1. The van der Waals surface area contributed by atoms with Gasteiger partial charge in [0.05, 0.1) is 17.6 Å². The number of anilines is 2. The first-order chi connectivity index (χ1) is 10.7. The number of aryl methyl sites for hydroxylation is 1. The number of aromatic nitrogens is 2. The first-order valence-electron chi connectivity index (χ1n) is 7.82. The second-order valence-corrected chi connectivity index (χ2v) is 5.73. The van der Waals surface area contributed by atoms with E-state index >= 15 is 0 Å². The van der Waals surface area contributed by atoms with Crippen molar-refractivity contribution in [2.24, 2.45) is 5.73 Å². The molecule has 1 aromatic carbocycles. The summed E-state index contributed by atoms with van der Waals surface area (Å²) in [5.41, 5.74) is 9.26. The number of rotatable bonds is 6. The van der Waals surface area contributed by atoms with Crippen LogP contribution in [0.15, 0.2) is 24.4 Å². The molecule has 0 amide bonds. The molecule has 5 heteroatoms. The fourth-order valence-corrected chi connectivity index (χ4v) is 2.63. The lowest BCUT2D eigenvalue weighted by Gasteiger charge is -2.11. The average Bonchev–Trinajstić information content (AvgIpc) is 3.31. The maximum absolute atomic E-state index is 13.7. The Morgan fingerprint density at radius 1 is 1.32 bits per heavy atom. The minimum absolute atomic E-state index is 0.269. The second kappa shape index (κ2) is 6.40. The average molecular weight is 300 g/mol. The van der Waals surface area contributed by atoms with E-state index in [2.05, 4.69) is 22.2 Å². The van der Waals surface area contributed by atoms with Gasteiger partial charge < -0.3 is 11.1 Å². The van der Waals surface area contributed by atoms with Gasteiger partial charge in [0, 0.05) is 11.6 Å². The van der Waals surface area contributed by atoms with Crippen molar-refractivity contribution in [3.05, 3.63) is 47.2 Å². The van der Waals surface area contributed by atoms with Gasteiger partial charge in [-0.15, -0.1) is 0 Å². The van der Waals surface area contributed by atoms with Crippen molar-refractivity contribution in [3.8, 4) is 0 Å². The lowest BCUT2D eigenvalue weighted by molar-refractivity contribution is 0.626. The van der Waals surface area contributed by atoms with E-state index in [-0.39, 0.29) is 5.82 Å². The van der Waals surface area contributed by atoms with Crippen LogP contribution in [0.4, 0.5) is 15.9 Å². The highest BCUT2D eigenvalue weighted by atomic mass is 19.1. The normalized spacial score (nSPS) is 14.1. The molecule has 22 heavy (non-hydrogen) atoms. The lowest BCUT2D eigenvalue weighted by Crippen LogP contribution is -2.05. The highest BCUT2D eigenvalue weighted by molar-refractivity contribution is 5.57. The number of benzene rings is 1. The molecule has 0 unspecified atom stereocenters. The Morgan fingerprint density at radius 3 is 2.82 bits per heavy atom. The van der Waals surface area contributed by atoms with Gasteiger partial charge in [-0.25, -0.2) is 9.37 Å². The van der Waals surface area contributed by atoms with Gasteiger partial charge >= 0.3 is 0 Å². The standard InChI is InChI=1S/C17H21FN4/c1-2-15-17(12-3-4-12)22-16(10-20-15)21-14-8-11(5-6-19)7-13(18)9-14/h7-10,12H,2-6,19H2,1H3,(H,21,22). The summed E-state index contributed by atoms with van der Waals surface area (Å²) >= 11 is 0. The van der Waals surface area contributed by atoms with E-state index < -0.39 is 0 Å². The Balaban J connectivity index is 1.85. The molecule has 0 aliphatic heterocycles. The molecule has 1 saturated carbocycles. The number of nitrogens with zero attached hydrogens (tertiary/aromatic N) is 2. The molecule has 4 nitrogen and oxygen atoms in total. The van der Waals surface area contributed by atoms with Gasteiger partial charge in [-0.3, -0.25) is 4.98 Å². The van der Waals surface area contributed by atoms with Crippen LogP contribution in [0, 0.1) is 5.82 Å². The topological polar surface area (TPSA) is 63.8 Å². The Hall–Kier alpha value is -2.01. The highest BCUT2D eigenvalue weighted by Gasteiger charge is 2.28. The molecular weight excluding hydrogens is 279 g/mol. The van der Waals surface area contributed by atoms with Crippen LogP contribution in [-0.4, -0.2) is 16.5 Å². The first kappa shape index (κ1) is 14.9. The van der Waals surface area contributed by atoms with Crippen LogP contribution in [0.5, 0.6) is 0 Å². The molecule has 0 atom stereocenters. The molecule has 1 fully saturated rings. The molecule has 0 saturated heterocycles. The minimum Gasteiger partial charge on any atom is -0.339 e. The first-order valence-corrected chi connectivity index (χ1v) is 7.82. The number of hydrogen-bond donors (Lipinski definition) is 2. The van der Waals surface area contributed by atoms with E-state index in [0.717, 1.165) is 23.4 Å². The van der Waals surface area contributed by atoms with Crippen LogP contribution < -0.4 is 11.1 Å². The summed E-state index contributed by atoms with van der Waals surface area (Å²) in [5.74, 6) is 0.946. The van der Waals surface area contributed by atoms with Gasteiger partial charge in [0.15, 0.2) is 0 Å². The van der Waals surface area contributed by atoms with E-state index in [0.29, 0.717) is 30.4 Å². The molecule has 1 aliphatic carbocycles. The van der Waals surface area contributed by atoms with Gasteiger partial charge in [0.2, 0.25) is 0 Å². The van der Waals surface area contributed by atoms with Gasteiger partial charge in [0.25, 0.3) is 0 Å². The largest absolute Gasteiger partial charge is 0.339 e. The molecule has 1 aliphatic rings. The Labute approximate surface area is 130 Å². The SMILES string of the molecule is CCc1ncc(Nc2cc(F)cc(CCN)c2)nc1C1CC1. The maximum atomic E-state index is 13.7. The fraction of sp³-hybridized carbons (Fsp3) is 0.412. The van der Waals surface area contributed by atoms with Gasteiger partial charge in [-0.05, 0) is 56.0 Å². The smallest absolute Gasteiger partial charge is 0.149 e. The highest BCUT2D eigenvalue weighted by Crippen LogP contribution is 2.40. The number of hydrogen-bond acceptors (Lipinski definition) is 4. The zero-order valence-electron chi connectivity index (χ0n) is 12.8. The molecule has 2 aromatic rings. The molecule has 1 aromatic heterocycles. The monoisotopic (exact) mass is 300 g/mol.